The molecule has 6 nitrogen and oxygen atoms in total. The summed E-state index contributed by atoms with van der Waals surface area (Å²) >= 11 is 0. The van der Waals surface area contributed by atoms with Gasteiger partial charge >= 0.3 is 5.63 Å². The second-order valence-corrected chi connectivity index (χ2v) is 6.54. The highest BCUT2D eigenvalue weighted by Crippen LogP contribution is 2.24. The Kier molecular flexibility index (Phi) is 5.59. The predicted octanol–water partition coefficient (Wildman–Crippen LogP) is 3.88. The van der Waals surface area contributed by atoms with Gasteiger partial charge in [0.1, 0.15) is 11.3 Å². The zero-order valence-corrected chi connectivity index (χ0v) is 16.0. The van der Waals surface area contributed by atoms with Crippen molar-refractivity contribution in [2.75, 3.05) is 12.4 Å². The molecule has 1 aromatic heterocycles. The van der Waals surface area contributed by atoms with Crippen LogP contribution in [-0.2, 0) is 11.2 Å². The van der Waals surface area contributed by atoms with Crippen LogP contribution in [0, 0.1) is 6.92 Å². The second-order valence-electron chi connectivity index (χ2n) is 6.54. The van der Waals surface area contributed by atoms with Crippen molar-refractivity contribution in [1.82, 2.24) is 0 Å². The fraction of sp³-hybridized carbons (Fsp3) is 0.227. The van der Waals surface area contributed by atoms with Gasteiger partial charge in [-0.15, -0.1) is 0 Å². The van der Waals surface area contributed by atoms with Crippen molar-refractivity contribution in [3.63, 3.8) is 0 Å². The molecular formula is C22H21NO5. The molecule has 0 unspecified atom stereocenters. The van der Waals surface area contributed by atoms with E-state index in [1.54, 1.807) is 43.5 Å². The lowest BCUT2D eigenvalue weighted by Gasteiger charge is -2.09. The van der Waals surface area contributed by atoms with Gasteiger partial charge in [-0.2, -0.15) is 0 Å². The van der Waals surface area contributed by atoms with Crippen LogP contribution in [-0.4, -0.2) is 18.8 Å². The first-order valence-electron chi connectivity index (χ1n) is 8.90. The first-order chi connectivity index (χ1) is 13.4. The van der Waals surface area contributed by atoms with E-state index in [1.807, 2.05) is 13.0 Å². The molecule has 0 atom stereocenters. The van der Waals surface area contributed by atoms with Crippen LogP contribution in [0.2, 0.25) is 0 Å². The fourth-order valence-electron chi connectivity index (χ4n) is 3.04. The summed E-state index contributed by atoms with van der Waals surface area (Å²) in [6.07, 6.45) is 0.412. The topological polar surface area (TPSA) is 85.6 Å². The van der Waals surface area contributed by atoms with Gasteiger partial charge in [0.25, 0.3) is 0 Å². The van der Waals surface area contributed by atoms with E-state index in [1.165, 1.54) is 6.92 Å². The Morgan fingerprint density at radius 3 is 2.46 bits per heavy atom. The summed E-state index contributed by atoms with van der Waals surface area (Å²) in [5.74, 6) is 0.358. The molecule has 0 spiro atoms. The van der Waals surface area contributed by atoms with Gasteiger partial charge in [-0.1, -0.05) is 0 Å². The molecule has 0 saturated carbocycles. The lowest BCUT2D eigenvalue weighted by molar-refractivity contribution is -0.116. The normalized spacial score (nSPS) is 10.7. The van der Waals surface area contributed by atoms with Crippen LogP contribution in [0.25, 0.3) is 11.0 Å². The number of rotatable bonds is 6. The SMILES string of the molecule is COc1ccc2c(C)c(CCC(=O)Nc3ccc(C(C)=O)cc3)c(=O)oc2c1. The maximum atomic E-state index is 12.4. The third-order valence-corrected chi connectivity index (χ3v) is 4.67. The van der Waals surface area contributed by atoms with Crippen molar-refractivity contribution in [2.45, 2.75) is 26.7 Å². The molecule has 0 bridgehead atoms. The number of carbonyl (C=O) groups is 2. The van der Waals surface area contributed by atoms with Crippen LogP contribution in [0.4, 0.5) is 5.69 Å². The van der Waals surface area contributed by atoms with Gasteiger partial charge in [0.05, 0.1) is 7.11 Å². The highest BCUT2D eigenvalue weighted by molar-refractivity contribution is 5.95. The van der Waals surface area contributed by atoms with E-state index in [-0.39, 0.29) is 24.5 Å². The molecule has 0 aliphatic heterocycles. The number of hydrogen-bond acceptors (Lipinski definition) is 5. The summed E-state index contributed by atoms with van der Waals surface area (Å²) in [5.41, 5.74) is 2.48. The third kappa shape index (κ3) is 4.11. The molecule has 0 radical (unpaired) electrons. The molecule has 3 rings (SSSR count). The molecule has 144 valence electrons. The lowest BCUT2D eigenvalue weighted by atomic mass is 10.0. The second kappa shape index (κ2) is 8.08. The average Bonchev–Trinajstić information content (AvgIpc) is 2.67. The summed E-state index contributed by atoms with van der Waals surface area (Å²) in [5, 5.41) is 3.59. The fourth-order valence-corrected chi connectivity index (χ4v) is 3.04. The number of ketones is 1. The number of benzene rings is 2. The van der Waals surface area contributed by atoms with Gasteiger partial charge in [0, 0.05) is 34.7 Å². The van der Waals surface area contributed by atoms with Crippen molar-refractivity contribution < 1.29 is 18.7 Å². The summed E-state index contributed by atoms with van der Waals surface area (Å²) in [6, 6.07) is 12.0. The number of Topliss-reactive ketones (excluding diaryl/α,β-unsaturated/α-hetero) is 1. The number of carbonyl (C=O) groups excluding carboxylic acids is 2. The maximum absolute atomic E-state index is 12.4. The van der Waals surface area contributed by atoms with Crippen LogP contribution in [0.3, 0.4) is 0 Å². The molecule has 3 aromatic rings. The summed E-state index contributed by atoms with van der Waals surface area (Å²) < 4.78 is 10.6. The monoisotopic (exact) mass is 379 g/mol. The molecule has 6 heteroatoms. The van der Waals surface area contributed by atoms with Gasteiger partial charge in [-0.25, -0.2) is 4.79 Å². The quantitative estimate of drug-likeness (QED) is 0.519. The number of methoxy groups -OCH3 is 1. The Bertz CT molecular complexity index is 1100. The van der Waals surface area contributed by atoms with E-state index in [0.29, 0.717) is 28.1 Å². The zero-order chi connectivity index (χ0) is 20.3. The molecule has 0 aliphatic rings. The number of ether oxygens (including phenoxy) is 1. The molecule has 28 heavy (non-hydrogen) atoms. The summed E-state index contributed by atoms with van der Waals surface area (Å²) in [6.45, 7) is 3.33. The molecule has 1 amide bonds. The van der Waals surface area contributed by atoms with Gasteiger partial charge < -0.3 is 14.5 Å². The maximum Gasteiger partial charge on any atom is 0.339 e. The molecule has 0 fully saturated rings. The number of amides is 1. The van der Waals surface area contributed by atoms with Crippen LogP contribution in [0.1, 0.15) is 34.8 Å². The number of aryl methyl sites for hydroxylation is 1. The summed E-state index contributed by atoms with van der Waals surface area (Å²) in [7, 11) is 1.55. The van der Waals surface area contributed by atoms with Gasteiger partial charge in [-0.05, 0) is 62.2 Å². The van der Waals surface area contributed by atoms with Crippen molar-refractivity contribution in [3.05, 3.63) is 69.6 Å². The average molecular weight is 379 g/mol. The number of hydrogen-bond donors (Lipinski definition) is 1. The molecule has 0 saturated heterocycles. The Labute approximate surface area is 162 Å². The van der Waals surface area contributed by atoms with E-state index in [9.17, 15) is 14.4 Å². The van der Waals surface area contributed by atoms with Gasteiger partial charge in [0.15, 0.2) is 5.78 Å². The number of anilines is 1. The van der Waals surface area contributed by atoms with Crippen LogP contribution >= 0.6 is 0 Å². The van der Waals surface area contributed by atoms with Crippen molar-refractivity contribution in [1.29, 1.82) is 0 Å². The van der Waals surface area contributed by atoms with Crippen molar-refractivity contribution in [2.24, 2.45) is 0 Å². The van der Waals surface area contributed by atoms with E-state index in [4.69, 9.17) is 9.15 Å². The predicted molar refractivity (Wildman–Crippen MR) is 107 cm³/mol. The number of fused-ring (bicyclic) bond motifs is 1. The van der Waals surface area contributed by atoms with Crippen LogP contribution < -0.4 is 15.7 Å². The highest BCUT2D eigenvalue weighted by atomic mass is 16.5. The summed E-state index contributed by atoms with van der Waals surface area (Å²) in [4.78, 5) is 35.9. The number of nitrogens with one attached hydrogen (secondary N) is 1. The Balaban J connectivity index is 1.73. The van der Waals surface area contributed by atoms with E-state index in [2.05, 4.69) is 5.32 Å². The smallest absolute Gasteiger partial charge is 0.339 e. The first kappa shape index (κ1) is 19.4. The van der Waals surface area contributed by atoms with Crippen LogP contribution in [0.15, 0.2) is 51.7 Å². The van der Waals surface area contributed by atoms with Crippen LogP contribution in [0.5, 0.6) is 5.75 Å². The van der Waals surface area contributed by atoms with E-state index in [0.717, 1.165) is 10.9 Å². The Hall–Kier alpha value is -3.41. The Morgan fingerprint density at radius 1 is 1.11 bits per heavy atom. The van der Waals surface area contributed by atoms with Crippen molar-refractivity contribution in [3.8, 4) is 5.75 Å². The first-order valence-corrected chi connectivity index (χ1v) is 8.90. The lowest BCUT2D eigenvalue weighted by Crippen LogP contribution is -2.16. The minimum absolute atomic E-state index is 0.0333. The van der Waals surface area contributed by atoms with E-state index < -0.39 is 5.63 Å². The third-order valence-electron chi connectivity index (χ3n) is 4.67. The molecule has 2 aromatic carbocycles. The standard InChI is InChI=1S/C22H21NO5/c1-13-18-9-8-17(27-3)12-20(18)28-22(26)19(13)10-11-21(25)23-16-6-4-15(5-7-16)14(2)24/h4-9,12H,10-11H2,1-3H3,(H,23,25). The Morgan fingerprint density at radius 2 is 1.82 bits per heavy atom. The molecule has 1 N–H and O–H groups in total. The minimum Gasteiger partial charge on any atom is -0.497 e. The zero-order valence-electron chi connectivity index (χ0n) is 16.0. The van der Waals surface area contributed by atoms with Gasteiger partial charge in [0.2, 0.25) is 5.91 Å². The van der Waals surface area contributed by atoms with Gasteiger partial charge in [-0.3, -0.25) is 9.59 Å². The largest absolute Gasteiger partial charge is 0.497 e. The molecule has 0 aliphatic carbocycles. The highest BCUT2D eigenvalue weighted by Gasteiger charge is 2.14. The van der Waals surface area contributed by atoms with E-state index >= 15 is 0 Å². The van der Waals surface area contributed by atoms with Crippen molar-refractivity contribution >= 4 is 28.3 Å². The minimum atomic E-state index is -0.447. The molecule has 1 heterocycles. The molecular weight excluding hydrogens is 358 g/mol.